The van der Waals surface area contributed by atoms with Crippen molar-refractivity contribution in [2.75, 3.05) is 5.73 Å². The molecule has 0 saturated carbocycles. The molecule has 16 heavy (non-hydrogen) atoms. The van der Waals surface area contributed by atoms with Crippen molar-refractivity contribution in [1.29, 1.82) is 0 Å². The molecule has 1 aromatic heterocycles. The summed E-state index contributed by atoms with van der Waals surface area (Å²) >= 11 is 0. The van der Waals surface area contributed by atoms with E-state index in [1.807, 2.05) is 13.8 Å². The van der Waals surface area contributed by atoms with Gasteiger partial charge in [-0.05, 0) is 26.7 Å². The fraction of sp³-hybridized carbons (Fsp3) is 0.667. The molecule has 0 saturated heterocycles. The van der Waals surface area contributed by atoms with Gasteiger partial charge in [-0.3, -0.25) is 0 Å². The highest BCUT2D eigenvalue weighted by Gasteiger charge is 2.20. The Morgan fingerprint density at radius 3 is 2.56 bits per heavy atom. The van der Waals surface area contributed by atoms with Crippen LogP contribution >= 0.6 is 0 Å². The molecule has 0 radical (unpaired) electrons. The number of rotatable bonds is 5. The Kier molecular flexibility index (Phi) is 4.10. The molecule has 0 aliphatic rings. The molecule has 0 fully saturated rings. The zero-order valence-electron chi connectivity index (χ0n) is 10.6. The molecule has 0 aliphatic carbocycles. The smallest absolute Gasteiger partial charge is 0.222 e. The van der Waals surface area contributed by atoms with Crippen molar-refractivity contribution >= 4 is 5.82 Å². The molecule has 1 aromatic rings. The first-order chi connectivity index (χ1) is 7.50. The van der Waals surface area contributed by atoms with Crippen LogP contribution in [0.1, 0.15) is 46.1 Å². The van der Waals surface area contributed by atoms with Crippen molar-refractivity contribution < 1.29 is 4.74 Å². The third-order valence-electron chi connectivity index (χ3n) is 2.66. The minimum Gasteiger partial charge on any atom is -0.471 e. The second kappa shape index (κ2) is 5.14. The Bertz CT molecular complexity index is 350. The predicted octanol–water partition coefficient (Wildman–Crippen LogP) is 2.58. The number of aromatic nitrogens is 2. The van der Waals surface area contributed by atoms with E-state index in [1.165, 1.54) is 6.33 Å². The van der Waals surface area contributed by atoms with Crippen LogP contribution in [0.2, 0.25) is 0 Å². The summed E-state index contributed by atoms with van der Waals surface area (Å²) in [4.78, 5) is 8.18. The molecule has 0 atom stereocenters. The Hall–Kier alpha value is -1.32. The van der Waals surface area contributed by atoms with Gasteiger partial charge in [0.25, 0.3) is 0 Å². The van der Waals surface area contributed by atoms with Crippen molar-refractivity contribution in [3.05, 3.63) is 11.9 Å². The van der Waals surface area contributed by atoms with Gasteiger partial charge in [-0.25, -0.2) is 9.97 Å². The van der Waals surface area contributed by atoms with E-state index in [9.17, 15) is 0 Å². The van der Waals surface area contributed by atoms with E-state index in [4.69, 9.17) is 10.5 Å². The minimum atomic E-state index is -0.219. The molecule has 4 heteroatoms. The summed E-state index contributed by atoms with van der Waals surface area (Å²) in [7, 11) is 0. The molecule has 1 rings (SSSR count). The molecule has 90 valence electrons. The van der Waals surface area contributed by atoms with Gasteiger partial charge in [0.15, 0.2) is 0 Å². The van der Waals surface area contributed by atoms with Crippen molar-refractivity contribution in [1.82, 2.24) is 9.97 Å². The summed E-state index contributed by atoms with van der Waals surface area (Å²) in [5.74, 6) is 1.15. The maximum Gasteiger partial charge on any atom is 0.222 e. The second-order valence-electron chi connectivity index (χ2n) is 4.51. The lowest BCUT2D eigenvalue weighted by Gasteiger charge is -2.25. The predicted molar refractivity (Wildman–Crippen MR) is 65.4 cm³/mol. The fourth-order valence-corrected chi connectivity index (χ4v) is 1.32. The number of hydrogen-bond acceptors (Lipinski definition) is 4. The lowest BCUT2D eigenvalue weighted by Crippen LogP contribution is -2.28. The van der Waals surface area contributed by atoms with Gasteiger partial charge in [0, 0.05) is 0 Å². The first-order valence-electron chi connectivity index (χ1n) is 5.78. The first kappa shape index (κ1) is 12.7. The van der Waals surface area contributed by atoms with E-state index in [2.05, 4.69) is 23.8 Å². The van der Waals surface area contributed by atoms with Crippen LogP contribution in [-0.4, -0.2) is 15.6 Å². The quantitative estimate of drug-likeness (QED) is 0.833. The zero-order chi connectivity index (χ0) is 12.2. The fourth-order valence-electron chi connectivity index (χ4n) is 1.32. The van der Waals surface area contributed by atoms with Gasteiger partial charge in [-0.15, -0.1) is 0 Å². The monoisotopic (exact) mass is 223 g/mol. The summed E-state index contributed by atoms with van der Waals surface area (Å²) < 4.78 is 5.88. The normalized spacial score (nSPS) is 11.5. The van der Waals surface area contributed by atoms with E-state index < -0.39 is 0 Å². The Balaban J connectivity index is 2.99. The summed E-state index contributed by atoms with van der Waals surface area (Å²) in [6, 6.07) is 0. The van der Waals surface area contributed by atoms with E-state index in [0.717, 1.165) is 24.8 Å². The molecular weight excluding hydrogens is 202 g/mol. The van der Waals surface area contributed by atoms with Gasteiger partial charge in [0.1, 0.15) is 17.7 Å². The van der Waals surface area contributed by atoms with E-state index in [0.29, 0.717) is 11.7 Å². The summed E-state index contributed by atoms with van der Waals surface area (Å²) in [6.07, 6.45) is 4.22. The Morgan fingerprint density at radius 1 is 1.31 bits per heavy atom. The second-order valence-corrected chi connectivity index (χ2v) is 4.51. The molecule has 0 bridgehead atoms. The zero-order valence-corrected chi connectivity index (χ0v) is 10.6. The van der Waals surface area contributed by atoms with Gasteiger partial charge in [-0.1, -0.05) is 20.3 Å². The largest absolute Gasteiger partial charge is 0.471 e. The van der Waals surface area contributed by atoms with E-state index >= 15 is 0 Å². The SMILES string of the molecule is CCCc1c(N)ncnc1OC(C)(C)CC. The van der Waals surface area contributed by atoms with Gasteiger partial charge in [0.2, 0.25) is 5.88 Å². The van der Waals surface area contributed by atoms with Gasteiger partial charge < -0.3 is 10.5 Å². The molecular formula is C12H21N3O. The number of anilines is 1. The molecule has 0 aromatic carbocycles. The van der Waals surface area contributed by atoms with Crippen LogP contribution in [0.15, 0.2) is 6.33 Å². The van der Waals surface area contributed by atoms with Crippen molar-refractivity contribution in [3.8, 4) is 5.88 Å². The standard InChI is InChI=1S/C12H21N3O/c1-5-7-9-10(13)14-8-15-11(9)16-12(3,4)6-2/h8H,5-7H2,1-4H3,(H2,13,14,15). The molecule has 2 N–H and O–H groups in total. The maximum absolute atomic E-state index is 5.88. The third kappa shape index (κ3) is 3.08. The average molecular weight is 223 g/mol. The van der Waals surface area contributed by atoms with Gasteiger partial charge >= 0.3 is 0 Å². The highest BCUT2D eigenvalue weighted by molar-refractivity contribution is 5.44. The maximum atomic E-state index is 5.88. The molecule has 0 aliphatic heterocycles. The van der Waals surface area contributed by atoms with Crippen LogP contribution in [0.25, 0.3) is 0 Å². The topological polar surface area (TPSA) is 61.0 Å². The van der Waals surface area contributed by atoms with Crippen molar-refractivity contribution in [2.45, 2.75) is 52.6 Å². The highest BCUT2D eigenvalue weighted by Crippen LogP contribution is 2.26. The van der Waals surface area contributed by atoms with E-state index in [-0.39, 0.29) is 5.60 Å². The lowest BCUT2D eigenvalue weighted by atomic mass is 10.1. The molecule has 0 amide bonds. The van der Waals surface area contributed by atoms with Crippen LogP contribution in [0.4, 0.5) is 5.82 Å². The van der Waals surface area contributed by atoms with Crippen LogP contribution in [-0.2, 0) is 6.42 Å². The van der Waals surface area contributed by atoms with Crippen LogP contribution < -0.4 is 10.5 Å². The molecule has 0 spiro atoms. The Labute approximate surface area is 97.2 Å². The number of ether oxygens (including phenoxy) is 1. The third-order valence-corrected chi connectivity index (χ3v) is 2.66. The minimum absolute atomic E-state index is 0.219. The Morgan fingerprint density at radius 2 is 2.00 bits per heavy atom. The molecule has 0 unspecified atom stereocenters. The van der Waals surface area contributed by atoms with Crippen LogP contribution in [0, 0.1) is 0 Å². The summed E-state index contributed by atoms with van der Waals surface area (Å²) in [5, 5.41) is 0. The molecule has 1 heterocycles. The average Bonchev–Trinajstić information content (AvgIpc) is 2.23. The number of nitrogens with two attached hydrogens (primary N) is 1. The highest BCUT2D eigenvalue weighted by atomic mass is 16.5. The van der Waals surface area contributed by atoms with Crippen LogP contribution in [0.5, 0.6) is 5.88 Å². The molecule has 4 nitrogen and oxygen atoms in total. The summed E-state index contributed by atoms with van der Waals surface area (Å²) in [5.41, 5.74) is 6.54. The lowest BCUT2D eigenvalue weighted by molar-refractivity contribution is 0.0974. The van der Waals surface area contributed by atoms with Crippen molar-refractivity contribution in [2.24, 2.45) is 0 Å². The van der Waals surface area contributed by atoms with Gasteiger partial charge in [0.05, 0.1) is 5.56 Å². The van der Waals surface area contributed by atoms with Crippen molar-refractivity contribution in [3.63, 3.8) is 0 Å². The van der Waals surface area contributed by atoms with Crippen LogP contribution in [0.3, 0.4) is 0 Å². The first-order valence-corrected chi connectivity index (χ1v) is 5.78. The number of nitrogens with zero attached hydrogens (tertiary/aromatic N) is 2. The number of nitrogen functional groups attached to an aromatic ring is 1. The summed E-state index contributed by atoms with van der Waals surface area (Å²) in [6.45, 7) is 8.27. The number of hydrogen-bond donors (Lipinski definition) is 1. The van der Waals surface area contributed by atoms with E-state index in [1.54, 1.807) is 0 Å². The van der Waals surface area contributed by atoms with Gasteiger partial charge in [-0.2, -0.15) is 0 Å².